The van der Waals surface area contributed by atoms with Crippen LogP contribution in [0, 0.1) is 0 Å². The molecule has 2 aromatic rings. The third-order valence-electron chi connectivity index (χ3n) is 5.82. The highest BCUT2D eigenvalue weighted by Gasteiger charge is 2.28. The number of nitrogens with zero attached hydrogens (tertiary/aromatic N) is 4. The van der Waals surface area contributed by atoms with Gasteiger partial charge >= 0.3 is 0 Å². The highest BCUT2D eigenvalue weighted by molar-refractivity contribution is 5.50. The van der Waals surface area contributed by atoms with Gasteiger partial charge in [-0.15, -0.1) is 0 Å². The summed E-state index contributed by atoms with van der Waals surface area (Å²) in [6.45, 7) is 7.25. The molecule has 0 saturated heterocycles. The third kappa shape index (κ3) is 4.87. The summed E-state index contributed by atoms with van der Waals surface area (Å²) in [5.74, 6) is 2.36. The molecule has 1 aliphatic carbocycles. The summed E-state index contributed by atoms with van der Waals surface area (Å²) < 4.78 is 0. The Bertz CT molecular complexity index is 870. The lowest BCUT2D eigenvalue weighted by atomic mass is 9.91. The molecule has 1 saturated carbocycles. The van der Waals surface area contributed by atoms with E-state index in [-0.39, 0.29) is 0 Å². The monoisotopic (exact) mass is 395 g/mol. The van der Waals surface area contributed by atoms with Crippen molar-refractivity contribution in [2.45, 2.75) is 51.2 Å². The molecule has 0 radical (unpaired) electrons. The maximum Gasteiger partial charge on any atom is 0.224 e. The van der Waals surface area contributed by atoms with Crippen LogP contribution < -0.4 is 10.2 Å². The van der Waals surface area contributed by atoms with Gasteiger partial charge in [0.2, 0.25) is 5.95 Å². The molecule has 0 atom stereocenters. The predicted octanol–water partition coefficient (Wildman–Crippen LogP) is 3.12. The van der Waals surface area contributed by atoms with E-state index in [1.807, 2.05) is 19.9 Å². The van der Waals surface area contributed by atoms with Gasteiger partial charge in [-0.2, -0.15) is 4.98 Å². The zero-order valence-electron chi connectivity index (χ0n) is 18.1. The molecule has 29 heavy (non-hydrogen) atoms. The zero-order valence-corrected chi connectivity index (χ0v) is 18.1. The number of aromatic nitrogens is 2. The van der Waals surface area contributed by atoms with E-state index in [2.05, 4.69) is 47.4 Å². The van der Waals surface area contributed by atoms with Crippen molar-refractivity contribution < 1.29 is 5.11 Å². The minimum Gasteiger partial charge on any atom is -0.386 e. The van der Waals surface area contributed by atoms with Gasteiger partial charge in [0.15, 0.2) is 0 Å². The van der Waals surface area contributed by atoms with Gasteiger partial charge in [-0.1, -0.05) is 18.2 Å². The number of fused-ring (bicyclic) bond motifs is 1. The first-order valence-corrected chi connectivity index (χ1v) is 10.7. The average molecular weight is 396 g/mol. The van der Waals surface area contributed by atoms with E-state index in [4.69, 9.17) is 9.97 Å². The van der Waals surface area contributed by atoms with Crippen LogP contribution >= 0.6 is 0 Å². The van der Waals surface area contributed by atoms with Gasteiger partial charge in [0.05, 0.1) is 11.3 Å². The van der Waals surface area contributed by atoms with Crippen LogP contribution in [0.2, 0.25) is 0 Å². The van der Waals surface area contributed by atoms with Crippen molar-refractivity contribution in [3.8, 4) is 0 Å². The van der Waals surface area contributed by atoms with E-state index < -0.39 is 5.60 Å². The summed E-state index contributed by atoms with van der Waals surface area (Å²) >= 11 is 0. The van der Waals surface area contributed by atoms with Crippen molar-refractivity contribution in [2.75, 3.05) is 43.9 Å². The number of benzene rings is 1. The zero-order chi connectivity index (χ0) is 20.6. The lowest BCUT2D eigenvalue weighted by Gasteiger charge is -2.31. The van der Waals surface area contributed by atoms with E-state index in [0.29, 0.717) is 5.92 Å². The summed E-state index contributed by atoms with van der Waals surface area (Å²) in [7, 11) is 4.15. The van der Waals surface area contributed by atoms with Crippen molar-refractivity contribution in [2.24, 2.45) is 0 Å². The first-order chi connectivity index (χ1) is 13.8. The molecule has 2 heterocycles. The van der Waals surface area contributed by atoms with Gasteiger partial charge in [-0.3, -0.25) is 0 Å². The molecule has 0 spiro atoms. The van der Waals surface area contributed by atoms with Crippen molar-refractivity contribution >= 4 is 11.8 Å². The fourth-order valence-electron chi connectivity index (χ4n) is 3.80. The van der Waals surface area contributed by atoms with Crippen LogP contribution in [0.4, 0.5) is 11.8 Å². The van der Waals surface area contributed by atoms with E-state index in [9.17, 15) is 5.11 Å². The summed E-state index contributed by atoms with van der Waals surface area (Å²) in [6.07, 6.45) is 3.43. The Morgan fingerprint density at radius 3 is 2.66 bits per heavy atom. The van der Waals surface area contributed by atoms with E-state index >= 15 is 0 Å². The summed E-state index contributed by atoms with van der Waals surface area (Å²) in [4.78, 5) is 14.1. The minimum atomic E-state index is -0.800. The second-order valence-electron chi connectivity index (χ2n) is 9.19. The molecule has 1 fully saturated rings. The Hall–Kier alpha value is -2.18. The van der Waals surface area contributed by atoms with E-state index in [1.54, 1.807) is 0 Å². The number of nitrogens with one attached hydrogen (secondary N) is 1. The van der Waals surface area contributed by atoms with E-state index in [1.165, 1.54) is 29.7 Å². The number of likely N-dealkylation sites (N-methyl/N-ethyl adjacent to an activating group) is 1. The molecule has 2 aliphatic rings. The molecule has 4 rings (SSSR count). The lowest BCUT2D eigenvalue weighted by molar-refractivity contribution is 0.0785. The molecule has 1 aromatic heterocycles. The van der Waals surface area contributed by atoms with Gasteiger partial charge in [-0.05, 0) is 63.9 Å². The average Bonchev–Trinajstić information content (AvgIpc) is 3.51. The van der Waals surface area contributed by atoms with Crippen LogP contribution in [-0.2, 0) is 18.6 Å². The van der Waals surface area contributed by atoms with Crippen LogP contribution in [-0.4, -0.2) is 53.7 Å². The molecular weight excluding hydrogens is 362 g/mol. The number of anilines is 2. The van der Waals surface area contributed by atoms with Gasteiger partial charge < -0.3 is 20.2 Å². The molecule has 2 N–H and O–H groups in total. The lowest BCUT2D eigenvalue weighted by Crippen LogP contribution is -2.32. The Morgan fingerprint density at radius 2 is 1.97 bits per heavy atom. The summed E-state index contributed by atoms with van der Waals surface area (Å²) in [6, 6.07) is 8.56. The molecule has 1 aromatic carbocycles. The maximum atomic E-state index is 10.3. The van der Waals surface area contributed by atoms with Gasteiger partial charge in [0, 0.05) is 38.2 Å². The van der Waals surface area contributed by atoms with Gasteiger partial charge in [-0.25, -0.2) is 4.98 Å². The fourth-order valence-corrected chi connectivity index (χ4v) is 3.80. The fraction of sp³-hybridized carbons (Fsp3) is 0.565. The Balaban J connectivity index is 1.54. The highest BCUT2D eigenvalue weighted by Crippen LogP contribution is 2.40. The van der Waals surface area contributed by atoms with Crippen LogP contribution in [0.25, 0.3) is 0 Å². The molecule has 0 bridgehead atoms. The first kappa shape index (κ1) is 20.1. The van der Waals surface area contributed by atoms with Crippen LogP contribution in [0.5, 0.6) is 0 Å². The molecule has 6 nitrogen and oxygen atoms in total. The molecule has 1 aliphatic heterocycles. The normalized spacial score (nSPS) is 16.8. The van der Waals surface area contributed by atoms with Crippen LogP contribution in [0.1, 0.15) is 55.0 Å². The predicted molar refractivity (Wildman–Crippen MR) is 117 cm³/mol. The SMILES string of the molecule is CN(C)CCNc1nc(C2CC2)cc(N2CCc3cc(C(C)(C)O)ccc3C2)n1. The molecule has 156 valence electrons. The number of hydrogen-bond donors (Lipinski definition) is 2. The number of rotatable bonds is 7. The van der Waals surface area contributed by atoms with Crippen molar-refractivity contribution in [1.29, 1.82) is 0 Å². The molecule has 6 heteroatoms. The smallest absolute Gasteiger partial charge is 0.224 e. The van der Waals surface area contributed by atoms with Crippen LogP contribution in [0.15, 0.2) is 24.3 Å². The summed E-state index contributed by atoms with van der Waals surface area (Å²) in [5, 5.41) is 13.7. The van der Waals surface area contributed by atoms with Crippen molar-refractivity contribution in [3.63, 3.8) is 0 Å². The Labute approximate surface area is 174 Å². The minimum absolute atomic E-state index is 0.595. The number of hydrogen-bond acceptors (Lipinski definition) is 6. The largest absolute Gasteiger partial charge is 0.386 e. The Morgan fingerprint density at radius 1 is 1.17 bits per heavy atom. The summed E-state index contributed by atoms with van der Waals surface area (Å²) in [5.41, 5.74) is 4.01. The standard InChI is InChI=1S/C23H33N5O/c1-23(2,29)19-8-7-18-15-28(11-9-17(18)13-19)21-14-20(16-5-6-16)25-22(26-21)24-10-12-27(3)4/h7-8,13-14,16,29H,5-6,9-12,15H2,1-4H3,(H,24,25,26). The van der Waals surface area contributed by atoms with E-state index in [0.717, 1.165) is 49.9 Å². The van der Waals surface area contributed by atoms with Crippen molar-refractivity contribution in [3.05, 3.63) is 46.6 Å². The third-order valence-corrected chi connectivity index (χ3v) is 5.82. The number of aliphatic hydroxyl groups is 1. The molecule has 0 amide bonds. The first-order valence-electron chi connectivity index (χ1n) is 10.7. The van der Waals surface area contributed by atoms with Gasteiger partial charge in [0.25, 0.3) is 0 Å². The van der Waals surface area contributed by atoms with Crippen molar-refractivity contribution in [1.82, 2.24) is 14.9 Å². The molecule has 0 unspecified atom stereocenters. The van der Waals surface area contributed by atoms with Crippen LogP contribution in [0.3, 0.4) is 0 Å². The Kier molecular flexibility index (Phi) is 5.49. The second-order valence-corrected chi connectivity index (χ2v) is 9.19. The topological polar surface area (TPSA) is 64.5 Å². The quantitative estimate of drug-likeness (QED) is 0.751. The highest BCUT2D eigenvalue weighted by atomic mass is 16.3. The van der Waals surface area contributed by atoms with Gasteiger partial charge in [0.1, 0.15) is 5.82 Å². The maximum absolute atomic E-state index is 10.3. The molecular formula is C23H33N5O. The second kappa shape index (κ2) is 7.92.